The maximum Gasteiger partial charge on any atom is 0.220 e. The smallest absolute Gasteiger partial charge is 0.220 e. The summed E-state index contributed by atoms with van der Waals surface area (Å²) in [5.74, 6) is 0.160. The molecule has 1 aromatic rings. The van der Waals surface area contributed by atoms with Gasteiger partial charge in [0.05, 0.1) is 0 Å². The first-order chi connectivity index (χ1) is 8.03. The van der Waals surface area contributed by atoms with E-state index < -0.39 is 0 Å². The lowest BCUT2D eigenvalue weighted by molar-refractivity contribution is -0.122. The van der Waals surface area contributed by atoms with E-state index in [9.17, 15) is 4.79 Å². The molecule has 1 aromatic carbocycles. The molecule has 0 heterocycles. The van der Waals surface area contributed by atoms with E-state index in [0.717, 1.165) is 19.3 Å². The summed E-state index contributed by atoms with van der Waals surface area (Å²) >= 11 is 0. The van der Waals surface area contributed by atoms with Crippen molar-refractivity contribution >= 4 is 5.91 Å². The van der Waals surface area contributed by atoms with Crippen molar-refractivity contribution in [2.45, 2.75) is 52.0 Å². The van der Waals surface area contributed by atoms with Gasteiger partial charge in [0.15, 0.2) is 0 Å². The SMILES string of the molecule is CCC(C)(C)NC(=O)CCCc1ccccc1. The Morgan fingerprint density at radius 1 is 1.24 bits per heavy atom. The van der Waals surface area contributed by atoms with Crippen LogP contribution in [0.15, 0.2) is 30.3 Å². The monoisotopic (exact) mass is 233 g/mol. The summed E-state index contributed by atoms with van der Waals surface area (Å²) in [5, 5.41) is 3.05. The molecule has 0 radical (unpaired) electrons. The van der Waals surface area contributed by atoms with Gasteiger partial charge in [-0.1, -0.05) is 37.3 Å². The van der Waals surface area contributed by atoms with E-state index in [1.54, 1.807) is 0 Å². The van der Waals surface area contributed by atoms with Gasteiger partial charge in [-0.3, -0.25) is 4.79 Å². The Kier molecular flexibility index (Phi) is 5.20. The Balaban J connectivity index is 2.25. The lowest BCUT2D eigenvalue weighted by Gasteiger charge is -2.24. The van der Waals surface area contributed by atoms with Gasteiger partial charge in [0.2, 0.25) is 5.91 Å². The van der Waals surface area contributed by atoms with Crippen LogP contribution in [0.1, 0.15) is 45.6 Å². The molecule has 0 saturated carbocycles. The summed E-state index contributed by atoms with van der Waals surface area (Å²) < 4.78 is 0. The summed E-state index contributed by atoms with van der Waals surface area (Å²) in [7, 11) is 0. The topological polar surface area (TPSA) is 29.1 Å². The highest BCUT2D eigenvalue weighted by Crippen LogP contribution is 2.09. The minimum atomic E-state index is -0.0795. The minimum absolute atomic E-state index is 0.0795. The Bertz CT molecular complexity index is 343. The van der Waals surface area contributed by atoms with Crippen molar-refractivity contribution in [3.8, 4) is 0 Å². The van der Waals surface area contributed by atoms with E-state index in [1.807, 2.05) is 18.2 Å². The van der Waals surface area contributed by atoms with E-state index in [1.165, 1.54) is 5.56 Å². The van der Waals surface area contributed by atoms with E-state index >= 15 is 0 Å². The number of benzene rings is 1. The van der Waals surface area contributed by atoms with Crippen molar-refractivity contribution in [2.24, 2.45) is 0 Å². The fourth-order valence-electron chi connectivity index (χ4n) is 1.63. The summed E-state index contributed by atoms with van der Waals surface area (Å²) in [4.78, 5) is 11.7. The van der Waals surface area contributed by atoms with Crippen LogP contribution in [0, 0.1) is 0 Å². The standard InChI is InChI=1S/C15H23NO/c1-4-15(2,3)16-14(17)12-8-11-13-9-6-5-7-10-13/h5-7,9-10H,4,8,11-12H2,1-3H3,(H,16,17). The Hall–Kier alpha value is -1.31. The van der Waals surface area contributed by atoms with E-state index in [0.29, 0.717) is 6.42 Å². The third kappa shape index (κ3) is 5.53. The normalized spacial score (nSPS) is 11.2. The number of hydrogen-bond donors (Lipinski definition) is 1. The third-order valence-corrected chi connectivity index (χ3v) is 3.07. The molecule has 0 saturated heterocycles. The molecule has 0 atom stereocenters. The fraction of sp³-hybridized carbons (Fsp3) is 0.533. The van der Waals surface area contributed by atoms with Gasteiger partial charge in [0, 0.05) is 12.0 Å². The van der Waals surface area contributed by atoms with Gasteiger partial charge >= 0.3 is 0 Å². The second-order valence-electron chi connectivity index (χ2n) is 5.12. The number of carbonyl (C=O) groups excluding carboxylic acids is 1. The molecule has 0 aliphatic heterocycles. The van der Waals surface area contributed by atoms with Crippen molar-refractivity contribution in [2.75, 3.05) is 0 Å². The molecular weight excluding hydrogens is 210 g/mol. The molecule has 0 aliphatic rings. The lowest BCUT2D eigenvalue weighted by atomic mass is 10.0. The molecule has 0 spiro atoms. The molecule has 1 rings (SSSR count). The molecule has 0 unspecified atom stereocenters. The van der Waals surface area contributed by atoms with Crippen LogP contribution in [0.25, 0.3) is 0 Å². The fourth-order valence-corrected chi connectivity index (χ4v) is 1.63. The zero-order valence-electron chi connectivity index (χ0n) is 11.1. The first kappa shape index (κ1) is 13.8. The van der Waals surface area contributed by atoms with Crippen LogP contribution in [0.3, 0.4) is 0 Å². The molecule has 17 heavy (non-hydrogen) atoms. The van der Waals surface area contributed by atoms with Gasteiger partial charge in [-0.05, 0) is 38.7 Å². The molecule has 94 valence electrons. The molecule has 2 nitrogen and oxygen atoms in total. The van der Waals surface area contributed by atoms with Crippen molar-refractivity contribution < 1.29 is 4.79 Å². The van der Waals surface area contributed by atoms with Crippen LogP contribution in [-0.2, 0) is 11.2 Å². The van der Waals surface area contributed by atoms with Crippen LogP contribution in [0.5, 0.6) is 0 Å². The Morgan fingerprint density at radius 2 is 1.88 bits per heavy atom. The van der Waals surface area contributed by atoms with Crippen molar-refractivity contribution in [3.63, 3.8) is 0 Å². The second-order valence-corrected chi connectivity index (χ2v) is 5.12. The average Bonchev–Trinajstić information content (AvgIpc) is 2.30. The quantitative estimate of drug-likeness (QED) is 0.802. The molecule has 0 fully saturated rings. The van der Waals surface area contributed by atoms with Crippen LogP contribution in [0.2, 0.25) is 0 Å². The zero-order valence-corrected chi connectivity index (χ0v) is 11.1. The lowest BCUT2D eigenvalue weighted by Crippen LogP contribution is -2.42. The molecule has 2 heteroatoms. The summed E-state index contributed by atoms with van der Waals surface area (Å²) in [6.07, 6.45) is 3.45. The minimum Gasteiger partial charge on any atom is -0.351 e. The largest absolute Gasteiger partial charge is 0.351 e. The van der Waals surface area contributed by atoms with E-state index in [-0.39, 0.29) is 11.4 Å². The number of amides is 1. The van der Waals surface area contributed by atoms with Crippen LogP contribution >= 0.6 is 0 Å². The predicted molar refractivity (Wildman–Crippen MR) is 71.9 cm³/mol. The Morgan fingerprint density at radius 3 is 2.47 bits per heavy atom. The molecule has 1 N–H and O–H groups in total. The van der Waals surface area contributed by atoms with Gasteiger partial charge < -0.3 is 5.32 Å². The molecule has 0 aromatic heterocycles. The van der Waals surface area contributed by atoms with Crippen LogP contribution in [0.4, 0.5) is 0 Å². The van der Waals surface area contributed by atoms with E-state index in [2.05, 4.69) is 38.2 Å². The van der Waals surface area contributed by atoms with Gasteiger partial charge in [0.1, 0.15) is 0 Å². The van der Waals surface area contributed by atoms with Gasteiger partial charge in [0.25, 0.3) is 0 Å². The number of aryl methyl sites for hydroxylation is 1. The second kappa shape index (κ2) is 6.43. The number of rotatable bonds is 6. The third-order valence-electron chi connectivity index (χ3n) is 3.07. The highest BCUT2D eigenvalue weighted by Gasteiger charge is 2.16. The number of carbonyl (C=O) groups is 1. The van der Waals surface area contributed by atoms with Crippen molar-refractivity contribution in [1.82, 2.24) is 5.32 Å². The van der Waals surface area contributed by atoms with Gasteiger partial charge in [-0.15, -0.1) is 0 Å². The highest BCUT2D eigenvalue weighted by atomic mass is 16.1. The van der Waals surface area contributed by atoms with Crippen molar-refractivity contribution in [3.05, 3.63) is 35.9 Å². The average molecular weight is 233 g/mol. The molecule has 0 aliphatic carbocycles. The summed E-state index contributed by atoms with van der Waals surface area (Å²) in [6, 6.07) is 10.3. The summed E-state index contributed by atoms with van der Waals surface area (Å²) in [6.45, 7) is 6.20. The highest BCUT2D eigenvalue weighted by molar-refractivity contribution is 5.76. The maximum absolute atomic E-state index is 11.7. The maximum atomic E-state index is 11.7. The predicted octanol–water partition coefficient (Wildman–Crippen LogP) is 3.31. The van der Waals surface area contributed by atoms with Gasteiger partial charge in [-0.25, -0.2) is 0 Å². The van der Waals surface area contributed by atoms with Crippen LogP contribution in [-0.4, -0.2) is 11.4 Å². The van der Waals surface area contributed by atoms with E-state index in [4.69, 9.17) is 0 Å². The summed E-state index contributed by atoms with van der Waals surface area (Å²) in [5.41, 5.74) is 1.22. The molecule has 0 bridgehead atoms. The zero-order chi connectivity index (χ0) is 12.7. The van der Waals surface area contributed by atoms with Crippen LogP contribution < -0.4 is 5.32 Å². The first-order valence-electron chi connectivity index (χ1n) is 6.38. The van der Waals surface area contributed by atoms with Gasteiger partial charge in [-0.2, -0.15) is 0 Å². The molecular formula is C15H23NO. The number of hydrogen-bond acceptors (Lipinski definition) is 1. The number of nitrogens with one attached hydrogen (secondary N) is 1. The molecule has 1 amide bonds. The Labute approximate surface area is 104 Å². The van der Waals surface area contributed by atoms with Crippen molar-refractivity contribution in [1.29, 1.82) is 0 Å². The first-order valence-corrected chi connectivity index (χ1v) is 6.38.